The first-order valence-corrected chi connectivity index (χ1v) is 8.75. The fourth-order valence-electron chi connectivity index (χ4n) is 2.68. The molecule has 1 aliphatic carbocycles. The summed E-state index contributed by atoms with van der Waals surface area (Å²) in [5.41, 5.74) is 3.20. The highest BCUT2D eigenvalue weighted by Gasteiger charge is 2.48. The molecule has 6 heteroatoms. The lowest BCUT2D eigenvalue weighted by Crippen LogP contribution is -2.21. The average Bonchev–Trinajstić information content (AvgIpc) is 3.35. The first-order chi connectivity index (χ1) is 11.8. The molecule has 0 saturated heterocycles. The molecule has 2 unspecified atom stereocenters. The second kappa shape index (κ2) is 7.06. The summed E-state index contributed by atoms with van der Waals surface area (Å²) < 4.78 is 0. The lowest BCUT2D eigenvalue weighted by atomic mass is 10.2. The van der Waals surface area contributed by atoms with E-state index in [1.54, 1.807) is 24.3 Å². The maximum atomic E-state index is 12.4. The van der Waals surface area contributed by atoms with E-state index in [0.29, 0.717) is 27.8 Å². The van der Waals surface area contributed by atoms with Gasteiger partial charge < -0.3 is 10.6 Å². The summed E-state index contributed by atoms with van der Waals surface area (Å²) >= 11 is 11.9. The minimum Gasteiger partial charge on any atom is -0.326 e. The number of anilines is 2. The van der Waals surface area contributed by atoms with Crippen molar-refractivity contribution in [2.45, 2.75) is 20.3 Å². The van der Waals surface area contributed by atoms with Crippen LogP contribution in [0.25, 0.3) is 0 Å². The van der Waals surface area contributed by atoms with Crippen LogP contribution in [0, 0.1) is 25.7 Å². The number of hydrogen-bond donors (Lipinski definition) is 2. The highest BCUT2D eigenvalue weighted by molar-refractivity contribution is 6.31. The molecule has 0 aliphatic heterocycles. The number of amides is 2. The molecule has 3 rings (SSSR count). The predicted molar refractivity (Wildman–Crippen MR) is 101 cm³/mol. The molecule has 2 aromatic carbocycles. The van der Waals surface area contributed by atoms with Crippen LogP contribution in [0.5, 0.6) is 0 Å². The maximum Gasteiger partial charge on any atom is 0.228 e. The van der Waals surface area contributed by atoms with Crippen LogP contribution in [0.1, 0.15) is 17.5 Å². The van der Waals surface area contributed by atoms with Crippen LogP contribution in [-0.2, 0) is 9.59 Å². The topological polar surface area (TPSA) is 58.2 Å². The summed E-state index contributed by atoms with van der Waals surface area (Å²) in [6.45, 7) is 3.79. The van der Waals surface area contributed by atoms with Crippen LogP contribution in [0.2, 0.25) is 10.0 Å². The van der Waals surface area contributed by atoms with E-state index in [-0.39, 0.29) is 23.7 Å². The van der Waals surface area contributed by atoms with Crippen LogP contribution < -0.4 is 10.6 Å². The second-order valence-corrected chi connectivity index (χ2v) is 7.22. The molecule has 0 aromatic heterocycles. The lowest BCUT2D eigenvalue weighted by molar-refractivity contribution is -0.122. The number of hydrogen-bond acceptors (Lipinski definition) is 2. The van der Waals surface area contributed by atoms with Crippen molar-refractivity contribution < 1.29 is 9.59 Å². The number of benzene rings is 2. The van der Waals surface area contributed by atoms with Crippen LogP contribution in [0.3, 0.4) is 0 Å². The summed E-state index contributed by atoms with van der Waals surface area (Å²) in [5, 5.41) is 6.83. The molecule has 0 radical (unpaired) electrons. The van der Waals surface area contributed by atoms with E-state index in [1.165, 1.54) is 0 Å². The van der Waals surface area contributed by atoms with Crippen molar-refractivity contribution in [3.63, 3.8) is 0 Å². The zero-order valence-electron chi connectivity index (χ0n) is 13.9. The van der Waals surface area contributed by atoms with Gasteiger partial charge in [-0.2, -0.15) is 0 Å². The van der Waals surface area contributed by atoms with E-state index in [1.807, 2.05) is 26.0 Å². The maximum absolute atomic E-state index is 12.4. The Morgan fingerprint density at radius 1 is 0.840 bits per heavy atom. The monoisotopic (exact) mass is 376 g/mol. The summed E-state index contributed by atoms with van der Waals surface area (Å²) in [6, 6.07) is 10.7. The molecule has 2 N–H and O–H groups in total. The van der Waals surface area contributed by atoms with Crippen LogP contribution in [0.15, 0.2) is 36.4 Å². The first-order valence-electron chi connectivity index (χ1n) is 7.99. The fraction of sp³-hybridized carbons (Fsp3) is 0.263. The molecule has 0 bridgehead atoms. The lowest BCUT2D eigenvalue weighted by Gasteiger charge is -2.10. The Morgan fingerprint density at radius 3 is 1.64 bits per heavy atom. The molecule has 0 heterocycles. The van der Waals surface area contributed by atoms with Gasteiger partial charge >= 0.3 is 0 Å². The summed E-state index contributed by atoms with van der Waals surface area (Å²) in [5.74, 6) is -0.961. The Hall–Kier alpha value is -2.04. The van der Waals surface area contributed by atoms with Crippen molar-refractivity contribution in [2.24, 2.45) is 11.8 Å². The van der Waals surface area contributed by atoms with Gasteiger partial charge in [-0.15, -0.1) is 0 Å². The molecule has 1 saturated carbocycles. The minimum absolute atomic E-state index is 0.159. The molecule has 2 amide bonds. The Balaban J connectivity index is 1.61. The molecule has 25 heavy (non-hydrogen) atoms. The van der Waals surface area contributed by atoms with Gasteiger partial charge in [-0.25, -0.2) is 0 Å². The largest absolute Gasteiger partial charge is 0.326 e. The van der Waals surface area contributed by atoms with Crippen molar-refractivity contribution in [2.75, 3.05) is 10.6 Å². The van der Waals surface area contributed by atoms with Gasteiger partial charge in [0, 0.05) is 21.4 Å². The Kier molecular flexibility index (Phi) is 5.02. The number of carbonyl (C=O) groups is 2. The summed E-state index contributed by atoms with van der Waals surface area (Å²) in [4.78, 5) is 24.7. The van der Waals surface area contributed by atoms with Crippen molar-refractivity contribution in [3.05, 3.63) is 57.6 Å². The highest BCUT2D eigenvalue weighted by atomic mass is 35.5. The van der Waals surface area contributed by atoms with Gasteiger partial charge in [0.25, 0.3) is 0 Å². The standard InChI is InChI=1S/C19H18Cl2N2O2/c1-10-3-5-12(20)7-16(10)22-18(24)14-9-15(14)19(25)23-17-8-13(21)6-4-11(17)2/h3-8,14-15H,9H2,1-2H3,(H,22,24)(H,23,25). The molecular weight excluding hydrogens is 359 g/mol. The van der Waals surface area contributed by atoms with E-state index >= 15 is 0 Å². The molecule has 130 valence electrons. The SMILES string of the molecule is Cc1ccc(Cl)cc1NC(=O)C1CC1C(=O)Nc1cc(Cl)ccc1C. The van der Waals surface area contributed by atoms with Gasteiger partial charge in [-0.05, 0) is 55.7 Å². The molecule has 1 aliphatic rings. The van der Waals surface area contributed by atoms with Crippen LogP contribution >= 0.6 is 23.2 Å². The van der Waals surface area contributed by atoms with Gasteiger partial charge in [0.2, 0.25) is 11.8 Å². The minimum atomic E-state index is -0.321. The molecular formula is C19H18Cl2N2O2. The highest BCUT2D eigenvalue weighted by Crippen LogP contribution is 2.40. The first kappa shape index (κ1) is 17.8. The number of halogens is 2. The van der Waals surface area contributed by atoms with Gasteiger partial charge in [0.1, 0.15) is 0 Å². The van der Waals surface area contributed by atoms with Crippen LogP contribution in [-0.4, -0.2) is 11.8 Å². The molecule has 2 atom stereocenters. The van der Waals surface area contributed by atoms with Gasteiger partial charge in [0.15, 0.2) is 0 Å². The van der Waals surface area contributed by atoms with Crippen molar-refractivity contribution >= 4 is 46.4 Å². The van der Waals surface area contributed by atoms with E-state index in [0.717, 1.165) is 11.1 Å². The summed E-state index contributed by atoms with van der Waals surface area (Å²) in [7, 11) is 0. The third-order valence-corrected chi connectivity index (χ3v) is 4.85. The number of aryl methyl sites for hydroxylation is 2. The smallest absolute Gasteiger partial charge is 0.228 e. The molecule has 0 spiro atoms. The fourth-order valence-corrected chi connectivity index (χ4v) is 3.03. The Labute approximate surface area is 156 Å². The number of rotatable bonds is 4. The van der Waals surface area contributed by atoms with Gasteiger partial charge in [0.05, 0.1) is 11.8 Å². The second-order valence-electron chi connectivity index (χ2n) is 6.35. The molecule has 4 nitrogen and oxygen atoms in total. The number of carbonyl (C=O) groups excluding carboxylic acids is 2. The van der Waals surface area contributed by atoms with Crippen LogP contribution in [0.4, 0.5) is 11.4 Å². The third-order valence-electron chi connectivity index (χ3n) is 4.38. The van der Waals surface area contributed by atoms with E-state index in [2.05, 4.69) is 10.6 Å². The molecule has 1 fully saturated rings. The van der Waals surface area contributed by atoms with Gasteiger partial charge in [-0.3, -0.25) is 9.59 Å². The Bertz CT molecular complexity index is 782. The zero-order chi connectivity index (χ0) is 18.1. The third kappa shape index (κ3) is 4.14. The molecule has 2 aromatic rings. The van der Waals surface area contributed by atoms with E-state index in [4.69, 9.17) is 23.2 Å². The van der Waals surface area contributed by atoms with Crippen molar-refractivity contribution in [3.8, 4) is 0 Å². The van der Waals surface area contributed by atoms with E-state index < -0.39 is 0 Å². The van der Waals surface area contributed by atoms with Crippen molar-refractivity contribution in [1.29, 1.82) is 0 Å². The predicted octanol–water partition coefficient (Wildman–Crippen LogP) is 4.82. The van der Waals surface area contributed by atoms with E-state index in [9.17, 15) is 9.59 Å². The Morgan fingerprint density at radius 2 is 1.24 bits per heavy atom. The zero-order valence-corrected chi connectivity index (χ0v) is 15.4. The normalized spacial score (nSPS) is 18.6. The summed E-state index contributed by atoms with van der Waals surface area (Å²) in [6.07, 6.45) is 0.539. The number of nitrogens with one attached hydrogen (secondary N) is 2. The van der Waals surface area contributed by atoms with Crippen molar-refractivity contribution in [1.82, 2.24) is 0 Å². The van der Waals surface area contributed by atoms with Gasteiger partial charge in [-0.1, -0.05) is 35.3 Å². The quantitative estimate of drug-likeness (QED) is 0.802. The average molecular weight is 377 g/mol.